The number of H-pyrrole nitrogens is 1. The summed E-state index contributed by atoms with van der Waals surface area (Å²) in [5.74, 6) is 0.740. The minimum Gasteiger partial charge on any atom is -0.361 e. The van der Waals surface area contributed by atoms with Gasteiger partial charge in [-0.2, -0.15) is 5.10 Å². The van der Waals surface area contributed by atoms with Crippen LogP contribution in [0.5, 0.6) is 0 Å². The van der Waals surface area contributed by atoms with Crippen LogP contribution in [0.15, 0.2) is 34.9 Å². The number of nitrogens with zero attached hydrogens (tertiary/aromatic N) is 2. The highest BCUT2D eigenvalue weighted by Crippen LogP contribution is 2.23. The molecule has 6 heteroatoms. The number of aryl methyl sites for hydroxylation is 3. The van der Waals surface area contributed by atoms with E-state index in [9.17, 15) is 4.79 Å². The van der Waals surface area contributed by atoms with Gasteiger partial charge in [0.2, 0.25) is 0 Å². The van der Waals surface area contributed by atoms with Gasteiger partial charge in [0.1, 0.15) is 11.5 Å². The third-order valence-corrected chi connectivity index (χ3v) is 4.29. The summed E-state index contributed by atoms with van der Waals surface area (Å²) in [5, 5.41) is 14.1. The number of rotatable bonds is 6. The van der Waals surface area contributed by atoms with Gasteiger partial charge in [-0.05, 0) is 33.6 Å². The molecule has 0 aliphatic rings. The Bertz CT molecular complexity index is 845. The Morgan fingerprint density at radius 3 is 2.64 bits per heavy atom. The van der Waals surface area contributed by atoms with Crippen LogP contribution >= 0.6 is 0 Å². The molecular formula is C19H22N4O2. The van der Waals surface area contributed by atoms with Crippen molar-refractivity contribution in [3.05, 3.63) is 58.6 Å². The van der Waals surface area contributed by atoms with E-state index in [1.54, 1.807) is 0 Å². The lowest BCUT2D eigenvalue weighted by molar-refractivity contribution is 0.0953. The zero-order valence-corrected chi connectivity index (χ0v) is 14.7. The fourth-order valence-corrected chi connectivity index (χ4v) is 2.93. The standard InChI is InChI=1S/C19H22N4O2/c1-12-16(14(3)25-23-12)10-7-11-20-19(24)17-13(2)21-22-18(17)15-8-5-4-6-9-15/h4-6,8-9H,7,10-11H2,1-3H3,(H,20,24)(H,21,22). The van der Waals surface area contributed by atoms with Crippen molar-refractivity contribution < 1.29 is 9.32 Å². The molecule has 0 fully saturated rings. The lowest BCUT2D eigenvalue weighted by atomic mass is 10.1. The van der Waals surface area contributed by atoms with Crippen molar-refractivity contribution >= 4 is 5.91 Å². The van der Waals surface area contributed by atoms with E-state index in [4.69, 9.17) is 4.52 Å². The van der Waals surface area contributed by atoms with Crippen LogP contribution in [0.2, 0.25) is 0 Å². The highest BCUT2D eigenvalue weighted by Gasteiger charge is 2.19. The SMILES string of the molecule is Cc1noc(C)c1CCCNC(=O)c1c(-c2ccccc2)n[nH]c1C. The summed E-state index contributed by atoms with van der Waals surface area (Å²) in [4.78, 5) is 12.6. The third-order valence-electron chi connectivity index (χ3n) is 4.29. The number of aromatic nitrogens is 3. The predicted octanol–water partition coefficient (Wildman–Crippen LogP) is 3.35. The van der Waals surface area contributed by atoms with Crippen molar-refractivity contribution in [3.63, 3.8) is 0 Å². The van der Waals surface area contributed by atoms with Crippen LogP contribution in [0.1, 0.15) is 39.5 Å². The lowest BCUT2D eigenvalue weighted by Gasteiger charge is -2.07. The Hall–Kier alpha value is -2.89. The summed E-state index contributed by atoms with van der Waals surface area (Å²) in [6.07, 6.45) is 1.66. The van der Waals surface area contributed by atoms with Gasteiger partial charge in [-0.1, -0.05) is 35.5 Å². The molecule has 6 nitrogen and oxygen atoms in total. The molecule has 0 saturated heterocycles. The molecular weight excluding hydrogens is 316 g/mol. The topological polar surface area (TPSA) is 83.8 Å². The highest BCUT2D eigenvalue weighted by atomic mass is 16.5. The molecule has 0 atom stereocenters. The number of amides is 1. The quantitative estimate of drug-likeness (QED) is 0.675. The highest BCUT2D eigenvalue weighted by molar-refractivity contribution is 6.01. The molecule has 0 unspecified atom stereocenters. The van der Waals surface area contributed by atoms with E-state index in [-0.39, 0.29) is 5.91 Å². The summed E-state index contributed by atoms with van der Waals surface area (Å²) in [6.45, 7) is 6.29. The van der Waals surface area contributed by atoms with Gasteiger partial charge in [-0.15, -0.1) is 0 Å². The maximum absolute atomic E-state index is 12.6. The molecule has 0 bridgehead atoms. The minimum absolute atomic E-state index is 0.108. The lowest BCUT2D eigenvalue weighted by Crippen LogP contribution is -2.25. The van der Waals surface area contributed by atoms with Gasteiger partial charge in [-0.25, -0.2) is 0 Å². The number of carbonyl (C=O) groups is 1. The Balaban J connectivity index is 1.63. The fourth-order valence-electron chi connectivity index (χ4n) is 2.93. The van der Waals surface area contributed by atoms with Gasteiger partial charge in [0, 0.05) is 23.4 Å². The van der Waals surface area contributed by atoms with Gasteiger partial charge in [0.15, 0.2) is 0 Å². The Morgan fingerprint density at radius 2 is 1.96 bits per heavy atom. The maximum Gasteiger partial charge on any atom is 0.255 e. The second-order valence-corrected chi connectivity index (χ2v) is 6.10. The molecule has 3 rings (SSSR count). The monoisotopic (exact) mass is 338 g/mol. The van der Waals surface area contributed by atoms with Gasteiger partial charge in [-0.3, -0.25) is 9.89 Å². The van der Waals surface area contributed by atoms with Crippen molar-refractivity contribution in [2.75, 3.05) is 6.54 Å². The first-order valence-electron chi connectivity index (χ1n) is 8.38. The number of benzene rings is 1. The van der Waals surface area contributed by atoms with E-state index in [0.29, 0.717) is 17.8 Å². The van der Waals surface area contributed by atoms with Crippen LogP contribution in [-0.4, -0.2) is 27.8 Å². The molecule has 25 heavy (non-hydrogen) atoms. The van der Waals surface area contributed by atoms with Gasteiger partial charge in [0.05, 0.1) is 11.3 Å². The molecule has 2 heterocycles. The van der Waals surface area contributed by atoms with Crippen molar-refractivity contribution in [1.82, 2.24) is 20.7 Å². The van der Waals surface area contributed by atoms with Crippen molar-refractivity contribution in [2.24, 2.45) is 0 Å². The average Bonchev–Trinajstić information content (AvgIpc) is 3.15. The normalized spacial score (nSPS) is 10.8. The van der Waals surface area contributed by atoms with E-state index in [0.717, 1.165) is 41.1 Å². The van der Waals surface area contributed by atoms with Crippen LogP contribution in [-0.2, 0) is 6.42 Å². The summed E-state index contributed by atoms with van der Waals surface area (Å²) in [7, 11) is 0. The number of hydrogen-bond donors (Lipinski definition) is 2. The van der Waals surface area contributed by atoms with E-state index in [1.807, 2.05) is 51.1 Å². The molecule has 0 spiro atoms. The first kappa shape index (κ1) is 17.0. The Labute approximate surface area is 146 Å². The third kappa shape index (κ3) is 3.63. The summed E-state index contributed by atoms with van der Waals surface area (Å²) in [6, 6.07) is 9.71. The zero-order valence-electron chi connectivity index (χ0n) is 14.7. The number of carbonyl (C=O) groups excluding carboxylic acids is 1. The smallest absolute Gasteiger partial charge is 0.255 e. The molecule has 0 aliphatic heterocycles. The van der Waals surface area contributed by atoms with Crippen LogP contribution in [0.3, 0.4) is 0 Å². The minimum atomic E-state index is -0.108. The number of aromatic amines is 1. The second-order valence-electron chi connectivity index (χ2n) is 6.10. The van der Waals surface area contributed by atoms with E-state index < -0.39 is 0 Å². The van der Waals surface area contributed by atoms with E-state index >= 15 is 0 Å². The predicted molar refractivity (Wildman–Crippen MR) is 95.4 cm³/mol. The molecule has 130 valence electrons. The molecule has 0 radical (unpaired) electrons. The van der Waals surface area contributed by atoms with Crippen LogP contribution < -0.4 is 5.32 Å². The first-order valence-corrected chi connectivity index (χ1v) is 8.38. The van der Waals surface area contributed by atoms with E-state index in [2.05, 4.69) is 20.7 Å². The summed E-state index contributed by atoms with van der Waals surface area (Å²) in [5.41, 5.74) is 5.01. The second kappa shape index (κ2) is 7.34. The fraction of sp³-hybridized carbons (Fsp3) is 0.316. The molecule has 0 aliphatic carbocycles. The first-order chi connectivity index (χ1) is 12.1. The Morgan fingerprint density at radius 1 is 1.20 bits per heavy atom. The van der Waals surface area contributed by atoms with Gasteiger partial charge >= 0.3 is 0 Å². The average molecular weight is 338 g/mol. The summed E-state index contributed by atoms with van der Waals surface area (Å²) >= 11 is 0. The molecule has 3 aromatic rings. The van der Waals surface area contributed by atoms with Crippen LogP contribution in [0.25, 0.3) is 11.3 Å². The van der Waals surface area contributed by atoms with Crippen LogP contribution in [0.4, 0.5) is 0 Å². The van der Waals surface area contributed by atoms with E-state index in [1.165, 1.54) is 0 Å². The van der Waals surface area contributed by atoms with Crippen LogP contribution in [0, 0.1) is 20.8 Å². The molecule has 2 N–H and O–H groups in total. The largest absolute Gasteiger partial charge is 0.361 e. The van der Waals surface area contributed by atoms with Crippen molar-refractivity contribution in [1.29, 1.82) is 0 Å². The van der Waals surface area contributed by atoms with Gasteiger partial charge < -0.3 is 9.84 Å². The number of nitrogens with one attached hydrogen (secondary N) is 2. The van der Waals surface area contributed by atoms with Crippen molar-refractivity contribution in [2.45, 2.75) is 33.6 Å². The molecule has 1 aromatic carbocycles. The molecule has 0 saturated carbocycles. The maximum atomic E-state index is 12.6. The molecule has 2 aromatic heterocycles. The van der Waals surface area contributed by atoms with Gasteiger partial charge in [0.25, 0.3) is 5.91 Å². The Kier molecular flexibility index (Phi) is 4.97. The summed E-state index contributed by atoms with van der Waals surface area (Å²) < 4.78 is 5.16. The van der Waals surface area contributed by atoms with Crippen molar-refractivity contribution in [3.8, 4) is 11.3 Å². The molecule has 1 amide bonds. The number of hydrogen-bond acceptors (Lipinski definition) is 4. The zero-order chi connectivity index (χ0) is 17.8.